The molecule has 4 rings (SSSR count). The second kappa shape index (κ2) is 8.47. The van der Waals surface area contributed by atoms with Gasteiger partial charge in [0.2, 0.25) is 21.8 Å². The molecule has 172 valence electrons. The van der Waals surface area contributed by atoms with Gasteiger partial charge in [-0.1, -0.05) is 5.21 Å². The lowest BCUT2D eigenvalue weighted by Crippen LogP contribution is -2.50. The number of carbonyl (C=O) groups excluding carboxylic acids is 2. The number of aromatic nitrogens is 3. The summed E-state index contributed by atoms with van der Waals surface area (Å²) in [6.07, 6.45) is 5.54. The third-order valence-electron chi connectivity index (χ3n) is 6.59. The first-order valence-electron chi connectivity index (χ1n) is 10.8. The van der Waals surface area contributed by atoms with E-state index in [1.54, 1.807) is 4.68 Å². The summed E-state index contributed by atoms with van der Waals surface area (Å²) in [5, 5.41) is 21.2. The maximum absolute atomic E-state index is 13.7. The average molecular weight is 455 g/mol. The van der Waals surface area contributed by atoms with Gasteiger partial charge in [-0.05, 0) is 31.6 Å². The standard InChI is InChI=1S/C19H30N6O5S/c1-20-18(27)16-9-14(26)10-24(16)19(28)17(25-11-15(21-22-25)12-3-4-12)13-5-7-23(8-6-13)31(2,29)30/h11-14,16-17,26H,3-10H2,1-2H3,(H,20,27)/t14-,16+,17?/m1/s1. The highest BCUT2D eigenvalue weighted by Gasteiger charge is 2.45. The van der Waals surface area contributed by atoms with Gasteiger partial charge >= 0.3 is 0 Å². The zero-order valence-electron chi connectivity index (χ0n) is 17.8. The van der Waals surface area contributed by atoms with E-state index in [0.717, 1.165) is 18.5 Å². The third-order valence-corrected chi connectivity index (χ3v) is 7.89. The van der Waals surface area contributed by atoms with Crippen molar-refractivity contribution in [1.29, 1.82) is 0 Å². The third kappa shape index (κ3) is 4.60. The molecule has 3 atom stereocenters. The van der Waals surface area contributed by atoms with Crippen LogP contribution in [0.1, 0.15) is 49.8 Å². The Labute approximate surface area is 181 Å². The fourth-order valence-electron chi connectivity index (χ4n) is 4.69. The second-order valence-corrected chi connectivity index (χ2v) is 10.8. The van der Waals surface area contributed by atoms with Gasteiger partial charge in [0.15, 0.2) is 0 Å². The number of rotatable bonds is 6. The van der Waals surface area contributed by atoms with Crippen LogP contribution in [0.2, 0.25) is 0 Å². The molecule has 2 N–H and O–H groups in total. The molecule has 1 aliphatic carbocycles. The van der Waals surface area contributed by atoms with E-state index in [1.165, 1.54) is 22.5 Å². The van der Waals surface area contributed by atoms with Crippen molar-refractivity contribution >= 4 is 21.8 Å². The first kappa shape index (κ1) is 22.2. The van der Waals surface area contributed by atoms with E-state index in [-0.39, 0.29) is 30.7 Å². The number of sulfonamides is 1. The predicted octanol–water partition coefficient (Wildman–Crippen LogP) is -0.924. The summed E-state index contributed by atoms with van der Waals surface area (Å²) in [6, 6.07) is -1.43. The topological polar surface area (TPSA) is 138 Å². The van der Waals surface area contributed by atoms with Crippen LogP contribution < -0.4 is 5.32 Å². The van der Waals surface area contributed by atoms with Gasteiger partial charge in [0, 0.05) is 45.2 Å². The molecule has 0 spiro atoms. The molecule has 11 nitrogen and oxygen atoms in total. The molecule has 1 saturated carbocycles. The summed E-state index contributed by atoms with van der Waals surface area (Å²) in [7, 11) is -1.78. The molecule has 3 heterocycles. The van der Waals surface area contributed by atoms with Crippen molar-refractivity contribution in [2.45, 2.75) is 56.2 Å². The Morgan fingerprint density at radius 3 is 2.48 bits per heavy atom. The molecule has 1 unspecified atom stereocenters. The number of hydrogen-bond acceptors (Lipinski definition) is 7. The average Bonchev–Trinajstić information content (AvgIpc) is 3.34. The van der Waals surface area contributed by atoms with Crippen LogP contribution in [0.4, 0.5) is 0 Å². The van der Waals surface area contributed by atoms with Crippen LogP contribution >= 0.6 is 0 Å². The molecule has 0 bridgehead atoms. The predicted molar refractivity (Wildman–Crippen MR) is 110 cm³/mol. The number of aliphatic hydroxyl groups is 1. The fourth-order valence-corrected chi connectivity index (χ4v) is 5.56. The van der Waals surface area contributed by atoms with Crippen molar-refractivity contribution in [2.24, 2.45) is 5.92 Å². The number of likely N-dealkylation sites (N-methyl/N-ethyl adjacent to an activating group) is 1. The molecule has 2 saturated heterocycles. The van der Waals surface area contributed by atoms with Crippen LogP contribution in [0.15, 0.2) is 6.20 Å². The van der Waals surface area contributed by atoms with Crippen molar-refractivity contribution < 1.29 is 23.1 Å². The summed E-state index contributed by atoms with van der Waals surface area (Å²) in [4.78, 5) is 27.5. The highest BCUT2D eigenvalue weighted by molar-refractivity contribution is 7.88. The normalized spacial score (nSPS) is 26.7. The van der Waals surface area contributed by atoms with E-state index in [2.05, 4.69) is 15.6 Å². The van der Waals surface area contributed by atoms with Gasteiger partial charge in [0.05, 0.1) is 18.1 Å². The summed E-state index contributed by atoms with van der Waals surface area (Å²) >= 11 is 0. The van der Waals surface area contributed by atoms with E-state index >= 15 is 0 Å². The number of nitrogens with one attached hydrogen (secondary N) is 1. The number of piperidine rings is 1. The smallest absolute Gasteiger partial charge is 0.248 e. The van der Waals surface area contributed by atoms with E-state index < -0.39 is 28.2 Å². The van der Waals surface area contributed by atoms with Crippen molar-refractivity contribution in [3.63, 3.8) is 0 Å². The van der Waals surface area contributed by atoms with Gasteiger partial charge in [-0.3, -0.25) is 9.59 Å². The highest BCUT2D eigenvalue weighted by Crippen LogP contribution is 2.40. The number of nitrogens with zero attached hydrogens (tertiary/aromatic N) is 5. The van der Waals surface area contributed by atoms with Gasteiger partial charge in [-0.25, -0.2) is 17.4 Å². The van der Waals surface area contributed by atoms with Crippen molar-refractivity contribution in [3.05, 3.63) is 11.9 Å². The lowest BCUT2D eigenvalue weighted by molar-refractivity contribution is -0.143. The van der Waals surface area contributed by atoms with Crippen LogP contribution in [-0.2, 0) is 19.6 Å². The van der Waals surface area contributed by atoms with Crippen LogP contribution in [-0.4, -0.2) is 94.6 Å². The molecule has 0 aromatic carbocycles. The van der Waals surface area contributed by atoms with Gasteiger partial charge in [-0.2, -0.15) is 0 Å². The highest BCUT2D eigenvalue weighted by atomic mass is 32.2. The first-order chi connectivity index (χ1) is 14.7. The van der Waals surface area contributed by atoms with Crippen molar-refractivity contribution in [1.82, 2.24) is 29.5 Å². The number of aliphatic hydroxyl groups excluding tert-OH is 1. The number of carbonyl (C=O) groups is 2. The van der Waals surface area contributed by atoms with Gasteiger partial charge in [-0.15, -0.1) is 5.10 Å². The Bertz CT molecular complexity index is 937. The molecule has 3 aliphatic rings. The Kier molecular flexibility index (Phi) is 6.05. The Morgan fingerprint density at radius 2 is 1.90 bits per heavy atom. The van der Waals surface area contributed by atoms with Gasteiger partial charge in [0.25, 0.3) is 0 Å². The Hall–Kier alpha value is -2.05. The van der Waals surface area contributed by atoms with Crippen LogP contribution in [0, 0.1) is 5.92 Å². The Morgan fingerprint density at radius 1 is 1.23 bits per heavy atom. The summed E-state index contributed by atoms with van der Waals surface area (Å²) in [5.41, 5.74) is 0.857. The molecular formula is C19H30N6O5S. The Balaban J connectivity index is 1.60. The lowest BCUT2D eigenvalue weighted by atomic mass is 9.89. The zero-order valence-corrected chi connectivity index (χ0v) is 18.7. The van der Waals surface area contributed by atoms with E-state index in [1.807, 2.05) is 6.20 Å². The lowest BCUT2D eigenvalue weighted by Gasteiger charge is -2.36. The van der Waals surface area contributed by atoms with E-state index in [4.69, 9.17) is 0 Å². The van der Waals surface area contributed by atoms with E-state index in [0.29, 0.717) is 31.8 Å². The summed E-state index contributed by atoms with van der Waals surface area (Å²) in [5.74, 6) is -0.367. The molecule has 31 heavy (non-hydrogen) atoms. The fraction of sp³-hybridized carbons (Fsp3) is 0.789. The minimum Gasteiger partial charge on any atom is -0.391 e. The van der Waals surface area contributed by atoms with Crippen LogP contribution in [0.5, 0.6) is 0 Å². The minimum atomic E-state index is -3.29. The van der Waals surface area contributed by atoms with Crippen LogP contribution in [0.3, 0.4) is 0 Å². The quantitative estimate of drug-likeness (QED) is 0.567. The maximum atomic E-state index is 13.7. The molecular weight excluding hydrogens is 424 g/mol. The van der Waals surface area contributed by atoms with E-state index in [9.17, 15) is 23.1 Å². The minimum absolute atomic E-state index is 0.0831. The maximum Gasteiger partial charge on any atom is 0.248 e. The SMILES string of the molecule is CNC(=O)[C@@H]1C[C@@H](O)CN1C(=O)C(C1CCN(S(C)(=O)=O)CC1)n1cc(C2CC2)nn1. The monoisotopic (exact) mass is 454 g/mol. The number of hydrogen-bond donors (Lipinski definition) is 2. The number of β-amino-alcohol motifs (C(OH)–C–C–N with tert-alkyl or cyclic N) is 1. The number of amides is 2. The molecule has 2 amide bonds. The van der Waals surface area contributed by atoms with Crippen molar-refractivity contribution in [3.8, 4) is 0 Å². The van der Waals surface area contributed by atoms with Gasteiger partial charge < -0.3 is 15.3 Å². The van der Waals surface area contributed by atoms with Gasteiger partial charge in [0.1, 0.15) is 12.1 Å². The zero-order chi connectivity index (χ0) is 22.3. The second-order valence-electron chi connectivity index (χ2n) is 8.85. The molecule has 2 aliphatic heterocycles. The molecule has 0 radical (unpaired) electrons. The summed E-state index contributed by atoms with van der Waals surface area (Å²) in [6.45, 7) is 0.748. The summed E-state index contributed by atoms with van der Waals surface area (Å²) < 4.78 is 26.8. The molecule has 12 heteroatoms. The molecule has 1 aromatic heterocycles. The van der Waals surface area contributed by atoms with Crippen LogP contribution in [0.25, 0.3) is 0 Å². The largest absolute Gasteiger partial charge is 0.391 e. The molecule has 1 aromatic rings. The number of likely N-dealkylation sites (tertiary alicyclic amines) is 1. The first-order valence-corrected chi connectivity index (χ1v) is 12.6. The van der Waals surface area contributed by atoms with Crippen molar-refractivity contribution in [2.75, 3.05) is 32.9 Å². The molecule has 3 fully saturated rings.